The molecule has 0 aliphatic rings. The van der Waals surface area contributed by atoms with Crippen molar-refractivity contribution in [3.63, 3.8) is 0 Å². The number of hydrogen-bond acceptors (Lipinski definition) is 3. The van der Waals surface area contributed by atoms with Crippen molar-refractivity contribution in [2.75, 3.05) is 0 Å². The van der Waals surface area contributed by atoms with Crippen LogP contribution in [0.25, 0.3) is 11.3 Å². The fourth-order valence-electron chi connectivity index (χ4n) is 1.23. The van der Waals surface area contributed by atoms with Crippen molar-refractivity contribution in [3.8, 4) is 11.3 Å². The van der Waals surface area contributed by atoms with Crippen molar-refractivity contribution < 1.29 is 4.52 Å². The quantitative estimate of drug-likeness (QED) is 0.918. The molecule has 15 heavy (non-hydrogen) atoms. The van der Waals surface area contributed by atoms with E-state index in [1.807, 2.05) is 24.3 Å². The summed E-state index contributed by atoms with van der Waals surface area (Å²) in [5.41, 5.74) is 7.22. The maximum Gasteiger partial charge on any atom is 0.150 e. The molecule has 0 aliphatic carbocycles. The lowest BCUT2D eigenvalue weighted by molar-refractivity contribution is 0.387. The smallest absolute Gasteiger partial charge is 0.150 e. The predicted molar refractivity (Wildman–Crippen MR) is 65.2 cm³/mol. The molecule has 1 aromatic heterocycles. The molecule has 0 saturated carbocycles. The number of benzene rings is 1. The van der Waals surface area contributed by atoms with Gasteiger partial charge in [-0.1, -0.05) is 43.1 Å². The van der Waals surface area contributed by atoms with Gasteiger partial charge in [-0.15, -0.1) is 0 Å². The van der Waals surface area contributed by atoms with E-state index in [1.165, 1.54) is 0 Å². The summed E-state index contributed by atoms with van der Waals surface area (Å²) in [6.07, 6.45) is 0. The molecular formula is C10H8Br2N2O. The van der Waals surface area contributed by atoms with Crippen LogP contribution in [0.2, 0.25) is 0 Å². The van der Waals surface area contributed by atoms with Crippen molar-refractivity contribution >= 4 is 31.9 Å². The van der Waals surface area contributed by atoms with Gasteiger partial charge < -0.3 is 10.3 Å². The largest absolute Gasteiger partial charge is 0.359 e. The Hall–Kier alpha value is -0.650. The van der Waals surface area contributed by atoms with Crippen LogP contribution in [-0.2, 0) is 6.54 Å². The zero-order valence-electron chi connectivity index (χ0n) is 7.71. The van der Waals surface area contributed by atoms with E-state index < -0.39 is 0 Å². The van der Waals surface area contributed by atoms with Crippen molar-refractivity contribution in [1.29, 1.82) is 0 Å². The van der Waals surface area contributed by atoms with Gasteiger partial charge in [0.1, 0.15) is 5.69 Å². The van der Waals surface area contributed by atoms with E-state index in [1.54, 1.807) is 0 Å². The summed E-state index contributed by atoms with van der Waals surface area (Å²) in [6.45, 7) is 0.362. The minimum atomic E-state index is 0.362. The third kappa shape index (κ3) is 2.30. The van der Waals surface area contributed by atoms with Crippen LogP contribution in [0.1, 0.15) is 5.76 Å². The van der Waals surface area contributed by atoms with E-state index in [2.05, 4.69) is 37.0 Å². The monoisotopic (exact) mass is 330 g/mol. The molecule has 0 amide bonds. The van der Waals surface area contributed by atoms with E-state index in [4.69, 9.17) is 10.3 Å². The molecule has 2 N–H and O–H groups in total. The number of nitrogens with two attached hydrogens (primary N) is 1. The van der Waals surface area contributed by atoms with Crippen LogP contribution in [0.15, 0.2) is 37.7 Å². The van der Waals surface area contributed by atoms with E-state index in [9.17, 15) is 0 Å². The van der Waals surface area contributed by atoms with E-state index in [0.717, 1.165) is 20.2 Å². The molecule has 0 aliphatic heterocycles. The van der Waals surface area contributed by atoms with Crippen LogP contribution >= 0.6 is 31.9 Å². The number of halogens is 2. The lowest BCUT2D eigenvalue weighted by Gasteiger charge is -1.99. The molecule has 0 unspecified atom stereocenters. The molecule has 2 rings (SSSR count). The molecule has 0 fully saturated rings. The van der Waals surface area contributed by atoms with Crippen molar-refractivity contribution in [2.45, 2.75) is 6.54 Å². The van der Waals surface area contributed by atoms with E-state index >= 15 is 0 Å². The van der Waals surface area contributed by atoms with Gasteiger partial charge in [0, 0.05) is 20.6 Å². The third-order valence-electron chi connectivity index (χ3n) is 1.97. The van der Waals surface area contributed by atoms with Gasteiger partial charge in [0.25, 0.3) is 0 Å². The first-order valence-electron chi connectivity index (χ1n) is 4.32. The SMILES string of the molecule is NCc1cc(-c2ccc(Br)cc2Br)no1. The first kappa shape index (κ1) is 10.9. The van der Waals surface area contributed by atoms with E-state index in [-0.39, 0.29) is 0 Å². The Morgan fingerprint density at radius 1 is 1.27 bits per heavy atom. The molecule has 1 heterocycles. The Bertz CT molecular complexity index is 482. The van der Waals surface area contributed by atoms with Crippen LogP contribution in [0.5, 0.6) is 0 Å². The first-order chi connectivity index (χ1) is 7.20. The summed E-state index contributed by atoms with van der Waals surface area (Å²) in [7, 11) is 0. The van der Waals surface area contributed by atoms with Gasteiger partial charge in [-0.05, 0) is 12.1 Å². The second-order valence-electron chi connectivity index (χ2n) is 3.01. The molecule has 0 bridgehead atoms. The number of nitrogens with zero attached hydrogens (tertiary/aromatic N) is 1. The average molecular weight is 332 g/mol. The molecular weight excluding hydrogens is 324 g/mol. The van der Waals surface area contributed by atoms with Crippen LogP contribution in [-0.4, -0.2) is 5.16 Å². The standard InChI is InChI=1S/C10H8Br2N2O/c11-6-1-2-8(9(12)3-6)10-4-7(5-13)15-14-10/h1-4H,5,13H2. The molecule has 0 atom stereocenters. The predicted octanol–water partition coefficient (Wildman–Crippen LogP) is 3.33. The van der Waals surface area contributed by atoms with Gasteiger partial charge in [0.2, 0.25) is 0 Å². The summed E-state index contributed by atoms with van der Waals surface area (Å²) < 4.78 is 7.03. The Morgan fingerprint density at radius 3 is 2.67 bits per heavy atom. The Labute approximate surface area is 104 Å². The topological polar surface area (TPSA) is 52.0 Å². The fourth-order valence-corrected chi connectivity index (χ4v) is 2.48. The van der Waals surface area contributed by atoms with Crippen molar-refractivity contribution in [3.05, 3.63) is 39.0 Å². The highest BCUT2D eigenvalue weighted by Gasteiger charge is 2.08. The molecule has 3 nitrogen and oxygen atoms in total. The lowest BCUT2D eigenvalue weighted by Crippen LogP contribution is -1.92. The maximum absolute atomic E-state index is 5.45. The summed E-state index contributed by atoms with van der Waals surface area (Å²) in [6, 6.07) is 7.73. The highest BCUT2D eigenvalue weighted by atomic mass is 79.9. The molecule has 0 spiro atoms. The zero-order chi connectivity index (χ0) is 10.8. The van der Waals surface area contributed by atoms with Crippen molar-refractivity contribution in [1.82, 2.24) is 5.16 Å². The van der Waals surface area contributed by atoms with Crippen LogP contribution in [0.3, 0.4) is 0 Å². The van der Waals surface area contributed by atoms with Gasteiger partial charge in [-0.2, -0.15) is 0 Å². The van der Waals surface area contributed by atoms with Gasteiger partial charge in [-0.3, -0.25) is 0 Å². The molecule has 1 aromatic carbocycles. The number of rotatable bonds is 2. The van der Waals surface area contributed by atoms with Gasteiger partial charge in [0.05, 0.1) is 6.54 Å². The minimum Gasteiger partial charge on any atom is -0.359 e. The fraction of sp³-hybridized carbons (Fsp3) is 0.100. The second kappa shape index (κ2) is 4.47. The Morgan fingerprint density at radius 2 is 2.07 bits per heavy atom. The van der Waals surface area contributed by atoms with Crippen LogP contribution < -0.4 is 5.73 Å². The highest BCUT2D eigenvalue weighted by molar-refractivity contribution is 9.11. The summed E-state index contributed by atoms with van der Waals surface area (Å²) in [4.78, 5) is 0. The van der Waals surface area contributed by atoms with Gasteiger partial charge in [0.15, 0.2) is 5.76 Å². The molecule has 5 heteroatoms. The molecule has 78 valence electrons. The lowest BCUT2D eigenvalue weighted by atomic mass is 10.1. The van der Waals surface area contributed by atoms with Crippen molar-refractivity contribution in [2.24, 2.45) is 5.73 Å². The minimum absolute atomic E-state index is 0.362. The summed E-state index contributed by atoms with van der Waals surface area (Å²) in [5, 5.41) is 3.95. The maximum atomic E-state index is 5.45. The second-order valence-corrected chi connectivity index (χ2v) is 4.78. The zero-order valence-corrected chi connectivity index (χ0v) is 10.9. The molecule has 2 aromatic rings. The van der Waals surface area contributed by atoms with Gasteiger partial charge >= 0.3 is 0 Å². The van der Waals surface area contributed by atoms with Gasteiger partial charge in [-0.25, -0.2) is 0 Å². The molecule has 0 saturated heterocycles. The molecule has 0 radical (unpaired) electrons. The van der Waals surface area contributed by atoms with Crippen LogP contribution in [0, 0.1) is 0 Å². The third-order valence-corrected chi connectivity index (χ3v) is 3.12. The average Bonchev–Trinajstić information content (AvgIpc) is 2.66. The normalized spacial score (nSPS) is 10.6. The summed E-state index contributed by atoms with van der Waals surface area (Å²) >= 11 is 6.87. The Balaban J connectivity index is 2.44. The Kier molecular flexibility index (Phi) is 3.23. The number of hydrogen-bond donors (Lipinski definition) is 1. The first-order valence-corrected chi connectivity index (χ1v) is 5.90. The summed E-state index contributed by atoms with van der Waals surface area (Å²) in [5.74, 6) is 0.680. The van der Waals surface area contributed by atoms with Crippen LogP contribution in [0.4, 0.5) is 0 Å². The number of aromatic nitrogens is 1. The highest BCUT2D eigenvalue weighted by Crippen LogP contribution is 2.30. The van der Waals surface area contributed by atoms with E-state index in [0.29, 0.717) is 12.3 Å².